The van der Waals surface area contributed by atoms with Crippen LogP contribution in [-0.4, -0.2) is 65.0 Å². The lowest BCUT2D eigenvalue weighted by atomic mass is 10.0. The molecule has 1 amide bonds. The van der Waals surface area contributed by atoms with Crippen LogP contribution in [0.15, 0.2) is 77.9 Å². The number of amides is 1. The van der Waals surface area contributed by atoms with Crippen molar-refractivity contribution in [3.63, 3.8) is 0 Å². The highest BCUT2D eigenvalue weighted by Crippen LogP contribution is 2.45. The molecule has 0 aliphatic carbocycles. The van der Waals surface area contributed by atoms with Crippen LogP contribution in [0, 0.1) is 0 Å². The molecule has 0 spiro atoms. The van der Waals surface area contributed by atoms with E-state index in [4.69, 9.17) is 32.7 Å². The SMILES string of the molecule is COc1cc(OC)c(Cl)c(-c2cc3cnc(Nc4ccn(C)n4)cc3n(C(C)c3cccc(NC(=O)/C=C/CN(C)C)c3)c2=O)c1Cl. The molecule has 2 N–H and O–H groups in total. The van der Waals surface area contributed by atoms with Crippen LogP contribution in [0.3, 0.4) is 0 Å². The molecule has 11 nitrogen and oxygen atoms in total. The van der Waals surface area contributed by atoms with E-state index in [1.54, 1.807) is 45.8 Å². The summed E-state index contributed by atoms with van der Waals surface area (Å²) in [6.45, 7) is 2.54. The molecule has 0 aliphatic heterocycles. The third kappa shape index (κ3) is 7.27. The van der Waals surface area contributed by atoms with E-state index in [0.717, 1.165) is 5.56 Å². The van der Waals surface area contributed by atoms with Gasteiger partial charge in [0.2, 0.25) is 5.91 Å². The van der Waals surface area contributed by atoms with Gasteiger partial charge in [0.05, 0.1) is 41.4 Å². The Labute approximate surface area is 282 Å². The number of carbonyl (C=O) groups is 1. The lowest BCUT2D eigenvalue weighted by molar-refractivity contribution is -0.111. The van der Waals surface area contributed by atoms with Crippen molar-refractivity contribution in [3.8, 4) is 22.6 Å². The molecule has 5 rings (SSSR count). The quantitative estimate of drug-likeness (QED) is 0.152. The summed E-state index contributed by atoms with van der Waals surface area (Å²) in [6.07, 6.45) is 6.76. The monoisotopic (exact) mass is 675 g/mol. The minimum atomic E-state index is -0.513. The summed E-state index contributed by atoms with van der Waals surface area (Å²) < 4.78 is 14.3. The molecular weight excluding hydrogens is 641 g/mol. The zero-order valence-electron chi connectivity index (χ0n) is 26.8. The van der Waals surface area contributed by atoms with E-state index in [0.29, 0.717) is 46.3 Å². The van der Waals surface area contributed by atoms with Gasteiger partial charge in [0, 0.05) is 66.9 Å². The maximum atomic E-state index is 14.6. The minimum absolute atomic E-state index is 0.169. The third-order valence-corrected chi connectivity index (χ3v) is 8.25. The Hall–Kier alpha value is -4.84. The highest BCUT2D eigenvalue weighted by molar-refractivity contribution is 6.41. The number of carbonyl (C=O) groups excluding carboxylic acids is 1. The first kappa shape index (κ1) is 33.5. The van der Waals surface area contributed by atoms with Crippen molar-refractivity contribution in [1.29, 1.82) is 0 Å². The predicted octanol–water partition coefficient (Wildman–Crippen LogP) is 6.53. The number of ether oxygens (including phenoxy) is 2. The number of rotatable bonds is 11. The number of nitrogens with one attached hydrogen (secondary N) is 2. The molecule has 0 aliphatic rings. The molecule has 3 aromatic heterocycles. The summed E-state index contributed by atoms with van der Waals surface area (Å²) in [6, 6.07) is 13.8. The number of benzene rings is 2. The van der Waals surface area contributed by atoms with E-state index in [1.807, 2.05) is 63.4 Å². The van der Waals surface area contributed by atoms with Crippen LogP contribution in [-0.2, 0) is 11.8 Å². The lowest BCUT2D eigenvalue weighted by Gasteiger charge is -2.22. The van der Waals surface area contributed by atoms with Gasteiger partial charge in [-0.3, -0.25) is 14.3 Å². The Kier molecular flexibility index (Phi) is 10.2. The largest absolute Gasteiger partial charge is 0.495 e. The Bertz CT molecular complexity index is 2010. The Morgan fingerprint density at radius 2 is 1.77 bits per heavy atom. The fraction of sp³-hybridized carbons (Fsp3) is 0.235. The number of nitrogens with zero attached hydrogens (tertiary/aromatic N) is 5. The number of fused-ring (bicyclic) bond motifs is 1. The van der Waals surface area contributed by atoms with E-state index in [1.165, 1.54) is 20.3 Å². The van der Waals surface area contributed by atoms with Crippen molar-refractivity contribution in [3.05, 3.63) is 99.0 Å². The number of methoxy groups -OCH3 is 2. The summed E-state index contributed by atoms with van der Waals surface area (Å²) in [4.78, 5) is 33.8. The van der Waals surface area contributed by atoms with Crippen molar-refractivity contribution >= 4 is 57.3 Å². The fourth-order valence-corrected chi connectivity index (χ4v) is 5.88. The number of aromatic nitrogens is 4. The smallest absolute Gasteiger partial charge is 0.259 e. The Morgan fingerprint density at radius 3 is 2.40 bits per heavy atom. The van der Waals surface area contributed by atoms with Crippen molar-refractivity contribution in [2.24, 2.45) is 7.05 Å². The first-order chi connectivity index (χ1) is 22.5. The van der Waals surface area contributed by atoms with Gasteiger partial charge in [-0.25, -0.2) is 4.98 Å². The molecule has 1 atom stereocenters. The molecule has 5 aromatic rings. The molecule has 1 unspecified atom stereocenters. The second-order valence-corrected chi connectivity index (χ2v) is 11.9. The Balaban J connectivity index is 1.67. The number of pyridine rings is 2. The summed E-state index contributed by atoms with van der Waals surface area (Å²) in [5.41, 5.74) is 2.11. The molecule has 13 heteroatoms. The zero-order valence-corrected chi connectivity index (χ0v) is 28.3. The number of anilines is 3. The third-order valence-electron chi connectivity index (χ3n) is 7.50. The van der Waals surface area contributed by atoms with E-state index >= 15 is 0 Å². The first-order valence-corrected chi connectivity index (χ1v) is 15.4. The number of halogens is 2. The van der Waals surface area contributed by atoms with Gasteiger partial charge in [0.1, 0.15) is 17.3 Å². The number of hydrogen-bond donors (Lipinski definition) is 2. The van der Waals surface area contributed by atoms with Crippen LogP contribution in [0.25, 0.3) is 22.0 Å². The van der Waals surface area contributed by atoms with Crippen molar-refractivity contribution in [2.75, 3.05) is 45.5 Å². The maximum Gasteiger partial charge on any atom is 0.259 e. The molecule has 0 saturated heterocycles. The zero-order chi connectivity index (χ0) is 33.8. The van der Waals surface area contributed by atoms with E-state index in [-0.39, 0.29) is 32.6 Å². The Morgan fingerprint density at radius 1 is 1.04 bits per heavy atom. The standard InChI is InChI=1S/C34H35Cl2N7O4/c1-20(21-9-7-10-23(15-21)38-30(44)11-8-13-41(2)3)43-25-17-29(39-28-12-14-42(4)40-28)37-19-22(25)16-24(34(43)45)31-32(35)26(46-5)18-27(47-6)33(31)36/h7-12,14-20H,13H2,1-6H3,(H,38,44)(H,37,39,40)/b11-8+. The first-order valence-electron chi connectivity index (χ1n) is 14.6. The van der Waals surface area contributed by atoms with Crippen LogP contribution < -0.4 is 25.7 Å². The summed E-state index contributed by atoms with van der Waals surface area (Å²) >= 11 is 13.6. The molecule has 47 heavy (non-hydrogen) atoms. The molecule has 244 valence electrons. The van der Waals surface area contributed by atoms with Gasteiger partial charge in [-0.2, -0.15) is 5.10 Å². The predicted molar refractivity (Wildman–Crippen MR) is 188 cm³/mol. The van der Waals surface area contributed by atoms with Gasteiger partial charge in [-0.05, 0) is 44.8 Å². The van der Waals surface area contributed by atoms with Crippen LogP contribution >= 0.6 is 23.2 Å². The average molecular weight is 677 g/mol. The van der Waals surface area contributed by atoms with Crippen LogP contribution in [0.5, 0.6) is 11.5 Å². The fourth-order valence-electron chi connectivity index (χ4n) is 5.18. The number of hydrogen-bond acceptors (Lipinski definition) is 8. The van der Waals surface area contributed by atoms with Crippen LogP contribution in [0.4, 0.5) is 17.3 Å². The van der Waals surface area contributed by atoms with Crippen LogP contribution in [0.1, 0.15) is 18.5 Å². The molecule has 0 bridgehead atoms. The molecule has 0 saturated carbocycles. The maximum absolute atomic E-state index is 14.6. The van der Waals surface area contributed by atoms with Gasteiger partial charge in [0.25, 0.3) is 5.56 Å². The van der Waals surface area contributed by atoms with Gasteiger partial charge in [-0.15, -0.1) is 0 Å². The highest BCUT2D eigenvalue weighted by Gasteiger charge is 2.25. The average Bonchev–Trinajstić information content (AvgIpc) is 3.45. The van der Waals surface area contributed by atoms with Gasteiger partial charge in [0.15, 0.2) is 5.82 Å². The van der Waals surface area contributed by atoms with E-state index in [9.17, 15) is 9.59 Å². The minimum Gasteiger partial charge on any atom is -0.495 e. The second kappa shape index (κ2) is 14.3. The van der Waals surface area contributed by atoms with Gasteiger partial charge < -0.3 is 29.6 Å². The van der Waals surface area contributed by atoms with Crippen LogP contribution in [0.2, 0.25) is 10.0 Å². The molecule has 0 fully saturated rings. The second-order valence-electron chi connectivity index (χ2n) is 11.1. The molecule has 0 radical (unpaired) electrons. The van der Waals surface area contributed by atoms with E-state index < -0.39 is 6.04 Å². The van der Waals surface area contributed by atoms with E-state index in [2.05, 4.69) is 20.7 Å². The molecular formula is C34H35Cl2N7O4. The molecule has 3 heterocycles. The van der Waals surface area contributed by atoms with Crippen molar-refractivity contribution < 1.29 is 14.3 Å². The normalized spacial score (nSPS) is 12.1. The van der Waals surface area contributed by atoms with Crippen molar-refractivity contribution in [1.82, 2.24) is 24.2 Å². The van der Waals surface area contributed by atoms with Gasteiger partial charge >= 0.3 is 0 Å². The van der Waals surface area contributed by atoms with Crippen molar-refractivity contribution in [2.45, 2.75) is 13.0 Å². The topological polar surface area (TPSA) is 116 Å². The summed E-state index contributed by atoms with van der Waals surface area (Å²) in [7, 11) is 8.62. The number of aryl methyl sites for hydroxylation is 1. The summed E-state index contributed by atoms with van der Waals surface area (Å²) in [5.74, 6) is 1.45. The highest BCUT2D eigenvalue weighted by atomic mass is 35.5. The molecule has 2 aromatic carbocycles. The van der Waals surface area contributed by atoms with Gasteiger partial charge in [-0.1, -0.05) is 41.4 Å². The summed E-state index contributed by atoms with van der Waals surface area (Å²) in [5, 5.41) is 11.5. The number of likely N-dealkylation sites (N-methyl/N-ethyl adjacent to an activating group) is 1. The lowest BCUT2D eigenvalue weighted by Crippen LogP contribution is -2.26.